The lowest BCUT2D eigenvalue weighted by Gasteiger charge is -2.10. The third kappa shape index (κ3) is 3.73. The summed E-state index contributed by atoms with van der Waals surface area (Å²) in [5.74, 6) is 0.439. The minimum Gasteiger partial charge on any atom is -0.495 e. The Morgan fingerprint density at radius 2 is 1.85 bits per heavy atom. The van der Waals surface area contributed by atoms with Crippen LogP contribution in [0.1, 0.15) is 27.3 Å². The van der Waals surface area contributed by atoms with Gasteiger partial charge in [-0.1, -0.05) is 35.9 Å². The number of rotatable bonds is 5. The number of para-hydroxylation sites is 2. The zero-order chi connectivity index (χ0) is 18.7. The molecule has 6 heteroatoms. The number of aromatic nitrogens is 2. The van der Waals surface area contributed by atoms with Crippen LogP contribution in [0.5, 0.6) is 5.75 Å². The summed E-state index contributed by atoms with van der Waals surface area (Å²) in [6.07, 6.45) is 0. The van der Waals surface area contributed by atoms with Crippen LogP contribution in [0.3, 0.4) is 0 Å². The number of benzene rings is 2. The molecule has 2 aromatic carbocycles. The molecular formula is C20H20ClN3O2. The average molecular weight is 370 g/mol. The van der Waals surface area contributed by atoms with Gasteiger partial charge in [0.2, 0.25) is 0 Å². The van der Waals surface area contributed by atoms with Crippen LogP contribution < -0.4 is 10.1 Å². The van der Waals surface area contributed by atoms with Crippen molar-refractivity contribution in [1.82, 2.24) is 9.78 Å². The zero-order valence-corrected chi connectivity index (χ0v) is 15.7. The van der Waals surface area contributed by atoms with Crippen molar-refractivity contribution in [3.05, 3.63) is 76.1 Å². The van der Waals surface area contributed by atoms with E-state index < -0.39 is 0 Å². The average Bonchev–Trinajstić information content (AvgIpc) is 2.89. The van der Waals surface area contributed by atoms with E-state index in [-0.39, 0.29) is 5.91 Å². The van der Waals surface area contributed by atoms with E-state index in [1.54, 1.807) is 31.4 Å². The molecule has 0 aliphatic carbocycles. The highest BCUT2D eigenvalue weighted by molar-refractivity contribution is 6.31. The van der Waals surface area contributed by atoms with Crippen molar-refractivity contribution >= 4 is 23.2 Å². The van der Waals surface area contributed by atoms with Crippen molar-refractivity contribution in [3.63, 3.8) is 0 Å². The van der Waals surface area contributed by atoms with Crippen LogP contribution in [0.2, 0.25) is 5.02 Å². The lowest BCUT2D eigenvalue weighted by atomic mass is 10.1. The Morgan fingerprint density at radius 3 is 2.46 bits per heavy atom. The molecule has 0 unspecified atom stereocenters. The Morgan fingerprint density at radius 1 is 1.15 bits per heavy atom. The largest absolute Gasteiger partial charge is 0.495 e. The van der Waals surface area contributed by atoms with Crippen molar-refractivity contribution in [1.29, 1.82) is 0 Å². The molecule has 5 nitrogen and oxygen atoms in total. The zero-order valence-electron chi connectivity index (χ0n) is 14.9. The fourth-order valence-electron chi connectivity index (χ4n) is 2.71. The van der Waals surface area contributed by atoms with Gasteiger partial charge in [-0.25, -0.2) is 0 Å². The fraction of sp³-hybridized carbons (Fsp3) is 0.200. The maximum absolute atomic E-state index is 12.5. The molecule has 1 aromatic heterocycles. The molecule has 0 saturated heterocycles. The topological polar surface area (TPSA) is 56.1 Å². The van der Waals surface area contributed by atoms with E-state index in [1.165, 1.54) is 0 Å². The first kappa shape index (κ1) is 18.0. The number of nitrogens with zero attached hydrogens (tertiary/aromatic N) is 2. The molecule has 1 amide bonds. The lowest BCUT2D eigenvalue weighted by Crippen LogP contribution is -2.13. The second-order valence-electron chi connectivity index (χ2n) is 5.99. The van der Waals surface area contributed by atoms with E-state index in [4.69, 9.17) is 16.3 Å². The monoisotopic (exact) mass is 369 g/mol. The van der Waals surface area contributed by atoms with E-state index in [2.05, 4.69) is 10.4 Å². The van der Waals surface area contributed by atoms with Gasteiger partial charge in [-0.15, -0.1) is 0 Å². The standard InChI is InChI=1S/C20H20ClN3O2/c1-13-19(21)14(2)24(23-13)12-15-8-10-16(11-9-15)20(25)22-17-6-4-5-7-18(17)26-3/h4-11H,12H2,1-3H3,(H,22,25). The Balaban J connectivity index is 1.72. The lowest BCUT2D eigenvalue weighted by molar-refractivity contribution is 0.102. The number of carbonyl (C=O) groups excluding carboxylic acids is 1. The number of halogens is 1. The van der Waals surface area contributed by atoms with E-state index in [1.807, 2.05) is 42.8 Å². The number of aryl methyl sites for hydroxylation is 1. The first-order valence-corrected chi connectivity index (χ1v) is 8.60. The maximum Gasteiger partial charge on any atom is 0.255 e. The van der Waals surface area contributed by atoms with Crippen molar-refractivity contribution in [2.24, 2.45) is 0 Å². The first-order chi connectivity index (χ1) is 12.5. The summed E-state index contributed by atoms with van der Waals surface area (Å²) in [5.41, 5.74) is 4.01. The van der Waals surface area contributed by atoms with E-state index in [0.717, 1.165) is 17.0 Å². The smallest absolute Gasteiger partial charge is 0.255 e. The Bertz CT molecular complexity index is 933. The first-order valence-electron chi connectivity index (χ1n) is 8.22. The van der Waals surface area contributed by atoms with Crippen LogP contribution in [0.15, 0.2) is 48.5 Å². The van der Waals surface area contributed by atoms with Gasteiger partial charge in [-0.2, -0.15) is 5.10 Å². The van der Waals surface area contributed by atoms with Crippen LogP contribution in [0.25, 0.3) is 0 Å². The van der Waals surface area contributed by atoms with Crippen LogP contribution in [0, 0.1) is 13.8 Å². The number of ether oxygens (including phenoxy) is 1. The molecule has 1 N–H and O–H groups in total. The van der Waals surface area contributed by atoms with Gasteiger partial charge in [0.25, 0.3) is 5.91 Å². The Kier molecular flexibility index (Phi) is 5.28. The van der Waals surface area contributed by atoms with Crippen molar-refractivity contribution in [3.8, 4) is 5.75 Å². The Hall–Kier alpha value is -2.79. The maximum atomic E-state index is 12.5. The highest BCUT2D eigenvalue weighted by Gasteiger charge is 2.11. The van der Waals surface area contributed by atoms with E-state index in [9.17, 15) is 4.79 Å². The predicted molar refractivity (Wildman–Crippen MR) is 103 cm³/mol. The SMILES string of the molecule is COc1ccccc1NC(=O)c1ccc(Cn2nc(C)c(Cl)c2C)cc1. The van der Waals surface area contributed by atoms with Gasteiger partial charge in [0, 0.05) is 5.56 Å². The second kappa shape index (κ2) is 7.62. The van der Waals surface area contributed by atoms with Crippen molar-refractivity contribution in [2.75, 3.05) is 12.4 Å². The quantitative estimate of drug-likeness (QED) is 0.722. The molecule has 0 aliphatic heterocycles. The second-order valence-corrected chi connectivity index (χ2v) is 6.37. The fourth-order valence-corrected chi connectivity index (χ4v) is 2.84. The van der Waals surface area contributed by atoms with E-state index >= 15 is 0 Å². The molecule has 0 radical (unpaired) electrons. The molecule has 3 rings (SSSR count). The summed E-state index contributed by atoms with van der Waals surface area (Å²) in [5, 5.41) is 7.99. The van der Waals surface area contributed by atoms with Gasteiger partial charge in [0.1, 0.15) is 5.75 Å². The van der Waals surface area contributed by atoms with Gasteiger partial charge in [0.05, 0.1) is 35.8 Å². The molecule has 134 valence electrons. The van der Waals surface area contributed by atoms with Gasteiger partial charge >= 0.3 is 0 Å². The minimum atomic E-state index is -0.185. The summed E-state index contributed by atoms with van der Waals surface area (Å²) in [7, 11) is 1.57. The van der Waals surface area contributed by atoms with E-state index in [0.29, 0.717) is 28.6 Å². The molecule has 0 saturated carbocycles. The van der Waals surface area contributed by atoms with Gasteiger partial charge < -0.3 is 10.1 Å². The molecule has 0 fully saturated rings. The third-order valence-corrected chi connectivity index (χ3v) is 4.74. The third-order valence-electron chi connectivity index (χ3n) is 4.20. The molecule has 1 heterocycles. The van der Waals surface area contributed by atoms with Crippen LogP contribution in [-0.2, 0) is 6.54 Å². The number of carbonyl (C=O) groups is 1. The van der Waals surface area contributed by atoms with Gasteiger partial charge in [-0.05, 0) is 43.7 Å². The molecule has 3 aromatic rings. The molecule has 0 spiro atoms. The minimum absolute atomic E-state index is 0.185. The highest BCUT2D eigenvalue weighted by atomic mass is 35.5. The molecule has 0 atom stereocenters. The number of amides is 1. The van der Waals surface area contributed by atoms with Gasteiger partial charge in [0.15, 0.2) is 0 Å². The summed E-state index contributed by atoms with van der Waals surface area (Å²) < 4.78 is 7.12. The van der Waals surface area contributed by atoms with Gasteiger partial charge in [-0.3, -0.25) is 9.48 Å². The number of hydrogen-bond acceptors (Lipinski definition) is 3. The summed E-state index contributed by atoms with van der Waals surface area (Å²) in [6.45, 7) is 4.43. The summed E-state index contributed by atoms with van der Waals surface area (Å²) >= 11 is 6.19. The predicted octanol–water partition coefficient (Wildman–Crippen LogP) is 4.46. The van der Waals surface area contributed by atoms with Crippen molar-refractivity contribution < 1.29 is 9.53 Å². The number of nitrogens with one attached hydrogen (secondary N) is 1. The van der Waals surface area contributed by atoms with Crippen LogP contribution in [-0.4, -0.2) is 22.8 Å². The molecule has 0 aliphatic rings. The van der Waals surface area contributed by atoms with Crippen LogP contribution in [0.4, 0.5) is 5.69 Å². The highest BCUT2D eigenvalue weighted by Crippen LogP contribution is 2.24. The number of methoxy groups -OCH3 is 1. The molecular weight excluding hydrogens is 350 g/mol. The van der Waals surface area contributed by atoms with Crippen LogP contribution >= 0.6 is 11.6 Å². The number of anilines is 1. The summed E-state index contributed by atoms with van der Waals surface area (Å²) in [6, 6.07) is 14.7. The molecule has 26 heavy (non-hydrogen) atoms. The Labute approximate surface area is 157 Å². The number of hydrogen-bond donors (Lipinski definition) is 1. The summed E-state index contributed by atoms with van der Waals surface area (Å²) in [4.78, 5) is 12.5. The van der Waals surface area contributed by atoms with Crippen molar-refractivity contribution in [2.45, 2.75) is 20.4 Å². The molecule has 0 bridgehead atoms. The normalized spacial score (nSPS) is 10.6.